The van der Waals surface area contributed by atoms with Gasteiger partial charge < -0.3 is 4.90 Å². The van der Waals surface area contributed by atoms with Crippen LogP contribution in [-0.4, -0.2) is 46.6 Å². The first-order chi connectivity index (χ1) is 9.86. The number of rotatable bonds is 3. The van der Waals surface area contributed by atoms with E-state index in [0.29, 0.717) is 5.54 Å². The van der Waals surface area contributed by atoms with E-state index in [9.17, 15) is 0 Å². The Labute approximate surface area is 121 Å². The van der Waals surface area contributed by atoms with E-state index < -0.39 is 0 Å². The van der Waals surface area contributed by atoms with Gasteiger partial charge in [0.25, 0.3) is 0 Å². The molecular formula is C16H24N4. The molecular weight excluding hydrogens is 248 g/mol. The number of anilines is 1. The fourth-order valence-corrected chi connectivity index (χ4v) is 4.03. The van der Waals surface area contributed by atoms with Crippen molar-refractivity contribution in [1.82, 2.24) is 14.9 Å². The highest BCUT2D eigenvalue weighted by Gasteiger charge is 2.44. The van der Waals surface area contributed by atoms with Crippen molar-refractivity contribution in [1.29, 1.82) is 0 Å². The molecule has 2 aliphatic heterocycles. The summed E-state index contributed by atoms with van der Waals surface area (Å²) in [6, 6.07) is 1.89. The maximum absolute atomic E-state index is 4.40. The predicted molar refractivity (Wildman–Crippen MR) is 79.7 cm³/mol. The average Bonchev–Trinajstić information content (AvgIpc) is 3.24. The smallest absolute Gasteiger partial charge is 0.225 e. The molecule has 0 amide bonds. The highest BCUT2D eigenvalue weighted by Crippen LogP contribution is 2.42. The van der Waals surface area contributed by atoms with Crippen LogP contribution in [0.3, 0.4) is 0 Å². The first-order valence-corrected chi connectivity index (χ1v) is 8.13. The molecule has 0 atom stereocenters. The molecule has 108 valence electrons. The zero-order valence-corrected chi connectivity index (χ0v) is 12.2. The van der Waals surface area contributed by atoms with E-state index in [4.69, 9.17) is 0 Å². The summed E-state index contributed by atoms with van der Waals surface area (Å²) in [5.74, 6) is 1.93. The third-order valence-electron chi connectivity index (χ3n) is 5.45. The summed E-state index contributed by atoms with van der Waals surface area (Å²) in [6.45, 7) is 4.93. The van der Waals surface area contributed by atoms with Crippen LogP contribution in [0, 0.1) is 5.92 Å². The second kappa shape index (κ2) is 4.99. The summed E-state index contributed by atoms with van der Waals surface area (Å²) in [7, 11) is 0. The van der Waals surface area contributed by atoms with Crippen molar-refractivity contribution < 1.29 is 0 Å². The third kappa shape index (κ3) is 2.30. The molecule has 2 saturated heterocycles. The van der Waals surface area contributed by atoms with Crippen LogP contribution in [-0.2, 0) is 0 Å². The van der Waals surface area contributed by atoms with Crippen LogP contribution in [0.5, 0.6) is 0 Å². The van der Waals surface area contributed by atoms with Crippen LogP contribution >= 0.6 is 0 Å². The molecule has 20 heavy (non-hydrogen) atoms. The van der Waals surface area contributed by atoms with Gasteiger partial charge in [0.1, 0.15) is 0 Å². The molecule has 3 heterocycles. The van der Waals surface area contributed by atoms with Crippen molar-refractivity contribution >= 4 is 5.95 Å². The van der Waals surface area contributed by atoms with Gasteiger partial charge >= 0.3 is 0 Å². The van der Waals surface area contributed by atoms with E-state index >= 15 is 0 Å². The SMILES string of the molecule is c1cnc(N2CCC3(CCCN3CC3CC3)CC2)nc1. The highest BCUT2D eigenvalue weighted by molar-refractivity contribution is 5.30. The van der Waals surface area contributed by atoms with Gasteiger partial charge in [-0.05, 0) is 57.1 Å². The lowest BCUT2D eigenvalue weighted by molar-refractivity contribution is 0.102. The number of hydrogen-bond acceptors (Lipinski definition) is 4. The minimum atomic E-state index is 0.508. The Kier molecular flexibility index (Phi) is 3.14. The van der Waals surface area contributed by atoms with Gasteiger partial charge in [-0.15, -0.1) is 0 Å². The second-order valence-corrected chi connectivity index (χ2v) is 6.75. The van der Waals surface area contributed by atoms with Gasteiger partial charge in [-0.1, -0.05) is 0 Å². The largest absolute Gasteiger partial charge is 0.341 e. The van der Waals surface area contributed by atoms with Gasteiger partial charge in [0.05, 0.1) is 0 Å². The molecule has 0 radical (unpaired) electrons. The summed E-state index contributed by atoms with van der Waals surface area (Å²) in [5, 5.41) is 0. The van der Waals surface area contributed by atoms with Crippen LogP contribution in [0.1, 0.15) is 38.5 Å². The lowest BCUT2D eigenvalue weighted by Crippen LogP contribution is -2.53. The third-order valence-corrected chi connectivity index (χ3v) is 5.45. The monoisotopic (exact) mass is 272 g/mol. The number of piperidine rings is 1. The minimum Gasteiger partial charge on any atom is -0.341 e. The van der Waals surface area contributed by atoms with Crippen molar-refractivity contribution in [3.05, 3.63) is 18.5 Å². The maximum Gasteiger partial charge on any atom is 0.225 e. The minimum absolute atomic E-state index is 0.508. The van der Waals surface area contributed by atoms with Crippen LogP contribution in [0.15, 0.2) is 18.5 Å². The number of aromatic nitrogens is 2. The zero-order valence-electron chi connectivity index (χ0n) is 12.2. The summed E-state index contributed by atoms with van der Waals surface area (Å²) < 4.78 is 0. The molecule has 1 spiro atoms. The molecule has 0 unspecified atom stereocenters. The Morgan fingerprint density at radius 2 is 1.80 bits per heavy atom. The van der Waals surface area contributed by atoms with Crippen molar-refractivity contribution in [3.63, 3.8) is 0 Å². The van der Waals surface area contributed by atoms with E-state index in [1.54, 1.807) is 0 Å². The first kappa shape index (κ1) is 12.6. The Morgan fingerprint density at radius 3 is 2.50 bits per heavy atom. The molecule has 1 aromatic rings. The van der Waals surface area contributed by atoms with Crippen molar-refractivity contribution in [3.8, 4) is 0 Å². The van der Waals surface area contributed by atoms with Crippen molar-refractivity contribution in [2.75, 3.05) is 31.1 Å². The molecule has 1 aliphatic carbocycles. The normalized spacial score (nSPS) is 26.3. The molecule has 0 N–H and O–H groups in total. The van der Waals surface area contributed by atoms with Crippen LogP contribution in [0.4, 0.5) is 5.95 Å². The summed E-state index contributed by atoms with van der Waals surface area (Å²) in [4.78, 5) is 14.0. The Balaban J connectivity index is 1.42. The van der Waals surface area contributed by atoms with Gasteiger partial charge in [-0.25, -0.2) is 9.97 Å². The Hall–Kier alpha value is -1.16. The van der Waals surface area contributed by atoms with E-state index in [1.807, 2.05) is 18.5 Å². The van der Waals surface area contributed by atoms with Gasteiger partial charge in [0.2, 0.25) is 5.95 Å². The average molecular weight is 272 g/mol. The quantitative estimate of drug-likeness (QED) is 0.845. The van der Waals surface area contributed by atoms with Crippen LogP contribution in [0.25, 0.3) is 0 Å². The molecule has 1 saturated carbocycles. The van der Waals surface area contributed by atoms with Gasteiger partial charge in [-0.2, -0.15) is 0 Å². The first-order valence-electron chi connectivity index (χ1n) is 8.13. The standard InChI is InChI=1S/C16H24N4/c1-5-16(20(10-1)13-14-3-4-14)6-11-19(12-7-16)15-17-8-2-9-18-15/h2,8-9,14H,1,3-7,10-13H2. The second-order valence-electron chi connectivity index (χ2n) is 6.75. The lowest BCUT2D eigenvalue weighted by Gasteiger charge is -2.45. The van der Waals surface area contributed by atoms with Gasteiger partial charge in [-0.3, -0.25) is 4.90 Å². The molecule has 4 nitrogen and oxygen atoms in total. The molecule has 0 bridgehead atoms. The number of likely N-dealkylation sites (tertiary alicyclic amines) is 1. The molecule has 0 aromatic carbocycles. The lowest BCUT2D eigenvalue weighted by atomic mass is 9.85. The van der Waals surface area contributed by atoms with E-state index in [0.717, 1.165) is 25.0 Å². The zero-order chi connectivity index (χ0) is 13.4. The molecule has 4 heteroatoms. The summed E-state index contributed by atoms with van der Waals surface area (Å²) in [5.41, 5.74) is 0.508. The van der Waals surface area contributed by atoms with Crippen LogP contribution in [0.2, 0.25) is 0 Å². The number of hydrogen-bond donors (Lipinski definition) is 0. The highest BCUT2D eigenvalue weighted by atomic mass is 15.3. The maximum atomic E-state index is 4.40. The summed E-state index contributed by atoms with van der Waals surface area (Å²) >= 11 is 0. The molecule has 3 fully saturated rings. The topological polar surface area (TPSA) is 32.3 Å². The molecule has 1 aromatic heterocycles. The molecule has 3 aliphatic rings. The Morgan fingerprint density at radius 1 is 1.05 bits per heavy atom. The van der Waals surface area contributed by atoms with Gasteiger partial charge in [0.15, 0.2) is 0 Å². The molecule has 4 rings (SSSR count). The van der Waals surface area contributed by atoms with Crippen LogP contribution < -0.4 is 4.90 Å². The van der Waals surface area contributed by atoms with Gasteiger partial charge in [0, 0.05) is 37.6 Å². The van der Waals surface area contributed by atoms with Crippen molar-refractivity contribution in [2.45, 2.75) is 44.1 Å². The predicted octanol–water partition coefficient (Wildman–Crippen LogP) is 2.32. The number of nitrogens with zero attached hydrogens (tertiary/aromatic N) is 4. The Bertz CT molecular complexity index is 449. The van der Waals surface area contributed by atoms with Crippen molar-refractivity contribution in [2.24, 2.45) is 5.92 Å². The fraction of sp³-hybridized carbons (Fsp3) is 0.750. The summed E-state index contributed by atoms with van der Waals surface area (Å²) in [6.07, 6.45) is 12.0. The fourth-order valence-electron chi connectivity index (χ4n) is 4.03. The van der Waals surface area contributed by atoms with E-state index in [1.165, 1.54) is 51.6 Å². The van der Waals surface area contributed by atoms with E-state index in [2.05, 4.69) is 19.8 Å². The van der Waals surface area contributed by atoms with E-state index in [-0.39, 0.29) is 0 Å².